The first-order valence-electron chi connectivity index (χ1n) is 5.88. The summed E-state index contributed by atoms with van der Waals surface area (Å²) in [7, 11) is 0. The summed E-state index contributed by atoms with van der Waals surface area (Å²) in [5, 5.41) is 10.5. The summed E-state index contributed by atoms with van der Waals surface area (Å²) in [6.45, 7) is 4.45. The summed E-state index contributed by atoms with van der Waals surface area (Å²) in [6, 6.07) is 0. The van der Waals surface area contributed by atoms with E-state index in [1.165, 1.54) is 6.20 Å². The molecule has 0 fully saturated rings. The normalized spacial score (nSPS) is 10.3. The molecule has 18 heavy (non-hydrogen) atoms. The summed E-state index contributed by atoms with van der Waals surface area (Å²) < 4.78 is 6.57. The van der Waals surface area contributed by atoms with Gasteiger partial charge in [0.25, 0.3) is 0 Å². The molecule has 0 aromatic carbocycles. The van der Waals surface area contributed by atoms with Gasteiger partial charge in [0.2, 0.25) is 5.82 Å². The molecule has 0 saturated carbocycles. The van der Waals surface area contributed by atoms with Gasteiger partial charge in [-0.15, -0.1) is 0 Å². The zero-order valence-electron chi connectivity index (χ0n) is 10.6. The maximum absolute atomic E-state index is 11.4. The summed E-state index contributed by atoms with van der Waals surface area (Å²) in [6.07, 6.45) is 3.34. The third-order valence-corrected chi connectivity index (χ3v) is 2.47. The van der Waals surface area contributed by atoms with Gasteiger partial charge in [-0.25, -0.2) is 0 Å². The van der Waals surface area contributed by atoms with E-state index >= 15 is 0 Å². The molecule has 0 unspecified atom stereocenters. The second-order valence-corrected chi connectivity index (χ2v) is 3.92. The summed E-state index contributed by atoms with van der Waals surface area (Å²) in [5.74, 6) is 0.0223. The van der Waals surface area contributed by atoms with Crippen LogP contribution in [0.3, 0.4) is 0 Å². The van der Waals surface area contributed by atoms with Crippen molar-refractivity contribution in [3.05, 3.63) is 22.1 Å². The van der Waals surface area contributed by atoms with Gasteiger partial charge >= 0.3 is 11.8 Å². The Morgan fingerprint density at radius 1 is 1.61 bits per heavy atom. The molecule has 0 aliphatic rings. The predicted octanol–water partition coefficient (Wildman–Crippen LogP) is 1.83. The van der Waals surface area contributed by atoms with Crippen molar-refractivity contribution in [2.45, 2.75) is 39.7 Å². The molecule has 0 radical (unpaired) electrons. The van der Waals surface area contributed by atoms with E-state index in [1.807, 2.05) is 6.92 Å². The Kier molecular flexibility index (Phi) is 5.29. The van der Waals surface area contributed by atoms with Crippen LogP contribution in [-0.2, 0) is 16.1 Å². The number of carbonyl (C=O) groups is 1. The smallest absolute Gasteiger partial charge is 0.381 e. The molecule has 7 heteroatoms. The minimum absolute atomic E-state index is 0.193. The van der Waals surface area contributed by atoms with E-state index in [1.54, 1.807) is 11.5 Å². The molecular weight excluding hydrogens is 238 g/mol. The topological polar surface area (TPSA) is 87.3 Å². The average Bonchev–Trinajstić information content (AvgIpc) is 2.69. The zero-order valence-corrected chi connectivity index (χ0v) is 10.6. The van der Waals surface area contributed by atoms with E-state index in [-0.39, 0.29) is 18.2 Å². The van der Waals surface area contributed by atoms with Gasteiger partial charge in [-0.05, 0) is 16.3 Å². The molecule has 0 saturated heterocycles. The van der Waals surface area contributed by atoms with Crippen molar-refractivity contribution in [1.82, 2.24) is 9.55 Å². The minimum Gasteiger partial charge on any atom is -0.466 e. The van der Waals surface area contributed by atoms with Crippen molar-refractivity contribution in [3.63, 3.8) is 0 Å². The Hall–Kier alpha value is -1.92. The number of unbranched alkanes of at least 4 members (excludes halogenated alkanes) is 1. The highest BCUT2D eigenvalue weighted by atomic mass is 16.6. The van der Waals surface area contributed by atoms with Crippen LogP contribution < -0.4 is 0 Å². The minimum atomic E-state index is -0.553. The van der Waals surface area contributed by atoms with Gasteiger partial charge in [0.1, 0.15) is 6.20 Å². The van der Waals surface area contributed by atoms with E-state index in [4.69, 9.17) is 4.74 Å². The number of esters is 1. The van der Waals surface area contributed by atoms with Crippen LogP contribution >= 0.6 is 0 Å². The Morgan fingerprint density at radius 3 is 2.89 bits per heavy atom. The monoisotopic (exact) mass is 255 g/mol. The highest BCUT2D eigenvalue weighted by Gasteiger charge is 2.15. The number of imidazole rings is 1. The van der Waals surface area contributed by atoms with E-state index in [9.17, 15) is 14.9 Å². The molecule has 0 spiro atoms. The Bertz CT molecular complexity index is 428. The fourth-order valence-electron chi connectivity index (χ4n) is 1.42. The van der Waals surface area contributed by atoms with E-state index in [0.29, 0.717) is 19.0 Å². The van der Waals surface area contributed by atoms with Crippen LogP contribution in [0.5, 0.6) is 0 Å². The molecule has 1 heterocycles. The first-order valence-corrected chi connectivity index (χ1v) is 5.88. The molecule has 1 rings (SSSR count). The van der Waals surface area contributed by atoms with Gasteiger partial charge in [0.15, 0.2) is 0 Å². The molecule has 0 aliphatic heterocycles. The number of hydrogen-bond acceptors (Lipinski definition) is 5. The third-order valence-electron chi connectivity index (χ3n) is 2.47. The van der Waals surface area contributed by atoms with Gasteiger partial charge in [0, 0.05) is 13.5 Å². The number of nitrogens with zero attached hydrogens (tertiary/aromatic N) is 3. The largest absolute Gasteiger partial charge is 0.466 e. The highest BCUT2D eigenvalue weighted by Crippen LogP contribution is 2.10. The molecule has 0 aliphatic carbocycles. The van der Waals surface area contributed by atoms with Crippen molar-refractivity contribution in [2.24, 2.45) is 0 Å². The Morgan fingerprint density at radius 2 is 2.33 bits per heavy atom. The number of aryl methyl sites for hydroxylation is 2. The van der Waals surface area contributed by atoms with Gasteiger partial charge < -0.3 is 19.4 Å². The lowest BCUT2D eigenvalue weighted by Gasteiger charge is -2.04. The SMILES string of the molecule is CCCCOC(=O)CCn1cc([N+](=O)[O-])nc1C. The molecule has 0 bridgehead atoms. The first kappa shape index (κ1) is 14.1. The number of hydrogen-bond donors (Lipinski definition) is 0. The van der Waals surface area contributed by atoms with Crippen LogP contribution in [0.4, 0.5) is 5.82 Å². The molecule has 7 nitrogen and oxygen atoms in total. The lowest BCUT2D eigenvalue weighted by Crippen LogP contribution is -2.10. The molecular formula is C11H17N3O4. The zero-order chi connectivity index (χ0) is 13.5. The number of carbonyl (C=O) groups excluding carboxylic acids is 1. The predicted molar refractivity (Wildman–Crippen MR) is 64.1 cm³/mol. The lowest BCUT2D eigenvalue weighted by molar-refractivity contribution is -0.389. The van der Waals surface area contributed by atoms with Crippen molar-refractivity contribution >= 4 is 11.8 Å². The number of ether oxygens (including phenoxy) is 1. The Labute approximate surface area is 105 Å². The second kappa shape index (κ2) is 6.73. The van der Waals surface area contributed by atoms with Gasteiger partial charge in [-0.3, -0.25) is 4.79 Å². The average molecular weight is 255 g/mol. The fourth-order valence-corrected chi connectivity index (χ4v) is 1.42. The van der Waals surface area contributed by atoms with Gasteiger partial charge in [-0.1, -0.05) is 13.3 Å². The lowest BCUT2D eigenvalue weighted by atomic mass is 10.3. The van der Waals surface area contributed by atoms with Crippen LogP contribution in [0.2, 0.25) is 0 Å². The Balaban J connectivity index is 2.43. The van der Waals surface area contributed by atoms with Crippen molar-refractivity contribution in [2.75, 3.05) is 6.61 Å². The van der Waals surface area contributed by atoms with Crippen LogP contribution in [-0.4, -0.2) is 27.1 Å². The molecule has 0 atom stereocenters. The first-order chi connectivity index (χ1) is 8.54. The van der Waals surface area contributed by atoms with E-state index in [0.717, 1.165) is 12.8 Å². The van der Waals surface area contributed by atoms with Crippen LogP contribution in [0.25, 0.3) is 0 Å². The van der Waals surface area contributed by atoms with Gasteiger partial charge in [0.05, 0.1) is 13.0 Å². The fraction of sp³-hybridized carbons (Fsp3) is 0.636. The molecule has 100 valence electrons. The third kappa shape index (κ3) is 4.15. The van der Waals surface area contributed by atoms with Crippen LogP contribution in [0.1, 0.15) is 32.0 Å². The number of aromatic nitrogens is 2. The summed E-state index contributed by atoms with van der Waals surface area (Å²) in [5.41, 5.74) is 0. The number of rotatable bonds is 7. The quantitative estimate of drug-likeness (QED) is 0.321. The van der Waals surface area contributed by atoms with E-state index < -0.39 is 4.92 Å². The number of nitro groups is 1. The molecule has 0 amide bonds. The standard InChI is InChI=1S/C11H17N3O4/c1-3-4-7-18-11(15)5-6-13-8-10(14(16)17)12-9(13)2/h8H,3-7H2,1-2H3. The van der Waals surface area contributed by atoms with Gasteiger partial charge in [-0.2, -0.15) is 0 Å². The maximum Gasteiger partial charge on any atom is 0.381 e. The second-order valence-electron chi connectivity index (χ2n) is 3.92. The molecule has 0 N–H and O–H groups in total. The van der Waals surface area contributed by atoms with Crippen molar-refractivity contribution < 1.29 is 14.5 Å². The van der Waals surface area contributed by atoms with Crippen LogP contribution in [0.15, 0.2) is 6.20 Å². The van der Waals surface area contributed by atoms with Crippen LogP contribution in [0, 0.1) is 17.0 Å². The summed E-state index contributed by atoms with van der Waals surface area (Å²) in [4.78, 5) is 25.1. The van der Waals surface area contributed by atoms with Crippen molar-refractivity contribution in [1.29, 1.82) is 0 Å². The van der Waals surface area contributed by atoms with Crippen molar-refractivity contribution in [3.8, 4) is 0 Å². The molecule has 1 aromatic rings. The van der Waals surface area contributed by atoms with E-state index in [2.05, 4.69) is 4.98 Å². The summed E-state index contributed by atoms with van der Waals surface area (Å²) >= 11 is 0. The highest BCUT2D eigenvalue weighted by molar-refractivity contribution is 5.69. The molecule has 1 aromatic heterocycles. The maximum atomic E-state index is 11.4.